The minimum Gasteiger partial charge on any atom is -0.311 e. The second kappa shape index (κ2) is 3.17. The van der Waals surface area contributed by atoms with Crippen LogP contribution in [0.5, 0.6) is 0 Å². The summed E-state index contributed by atoms with van der Waals surface area (Å²) in [6.07, 6.45) is 3.39. The number of aromatic nitrogens is 1. The zero-order valence-electron chi connectivity index (χ0n) is 7.66. The first-order chi connectivity index (χ1) is 6.29. The molecule has 1 saturated heterocycles. The smallest absolute Gasteiger partial charge is 0.227 e. The lowest BCUT2D eigenvalue weighted by atomic mass is 10.3. The topological polar surface area (TPSA) is 33.2 Å². The number of rotatable bonds is 1. The van der Waals surface area contributed by atoms with E-state index < -0.39 is 0 Å². The summed E-state index contributed by atoms with van der Waals surface area (Å²) in [4.78, 5) is 17.4. The molecular weight excluding hydrogens is 164 g/mol. The van der Waals surface area contributed by atoms with Crippen molar-refractivity contribution < 1.29 is 4.79 Å². The largest absolute Gasteiger partial charge is 0.311 e. The Balaban J connectivity index is 2.34. The van der Waals surface area contributed by atoms with Gasteiger partial charge in [0.05, 0.1) is 11.4 Å². The van der Waals surface area contributed by atoms with Gasteiger partial charge >= 0.3 is 0 Å². The summed E-state index contributed by atoms with van der Waals surface area (Å²) in [6, 6.07) is 3.82. The van der Waals surface area contributed by atoms with Gasteiger partial charge in [-0.15, -0.1) is 0 Å². The number of hydrogen-bond acceptors (Lipinski definition) is 2. The van der Waals surface area contributed by atoms with E-state index in [1.807, 2.05) is 24.0 Å². The van der Waals surface area contributed by atoms with E-state index in [0.717, 1.165) is 24.3 Å². The highest BCUT2D eigenvalue weighted by Crippen LogP contribution is 2.22. The van der Waals surface area contributed by atoms with E-state index in [1.165, 1.54) is 0 Å². The molecule has 68 valence electrons. The molecule has 0 atom stereocenters. The third kappa shape index (κ3) is 1.41. The minimum atomic E-state index is 0.219. The van der Waals surface area contributed by atoms with Gasteiger partial charge in [-0.1, -0.05) is 0 Å². The second-order valence-electron chi connectivity index (χ2n) is 3.26. The van der Waals surface area contributed by atoms with Gasteiger partial charge in [0.15, 0.2) is 0 Å². The van der Waals surface area contributed by atoms with E-state index in [0.29, 0.717) is 6.42 Å². The van der Waals surface area contributed by atoms with Crippen molar-refractivity contribution in [1.29, 1.82) is 0 Å². The Morgan fingerprint density at radius 3 is 3.00 bits per heavy atom. The third-order valence-corrected chi connectivity index (χ3v) is 2.34. The molecule has 0 saturated carbocycles. The number of nitrogens with zero attached hydrogens (tertiary/aromatic N) is 2. The number of hydrogen-bond donors (Lipinski definition) is 0. The van der Waals surface area contributed by atoms with Crippen LogP contribution in [0.1, 0.15) is 18.5 Å². The fourth-order valence-corrected chi connectivity index (χ4v) is 1.66. The van der Waals surface area contributed by atoms with Crippen LogP contribution in [0.3, 0.4) is 0 Å². The average molecular weight is 176 g/mol. The van der Waals surface area contributed by atoms with Gasteiger partial charge in [0.1, 0.15) is 0 Å². The van der Waals surface area contributed by atoms with Crippen molar-refractivity contribution in [3.8, 4) is 0 Å². The van der Waals surface area contributed by atoms with Crippen molar-refractivity contribution in [1.82, 2.24) is 4.98 Å². The molecule has 3 heteroatoms. The minimum absolute atomic E-state index is 0.219. The Bertz CT molecular complexity index is 335. The lowest BCUT2D eigenvalue weighted by Gasteiger charge is -2.16. The Labute approximate surface area is 77.4 Å². The first-order valence-corrected chi connectivity index (χ1v) is 4.51. The molecule has 0 bridgehead atoms. The Hall–Kier alpha value is -1.38. The lowest BCUT2D eigenvalue weighted by molar-refractivity contribution is -0.117. The van der Waals surface area contributed by atoms with E-state index >= 15 is 0 Å². The predicted octanol–water partition coefficient (Wildman–Crippen LogP) is 1.52. The number of carbonyl (C=O) groups excluding carboxylic acids is 1. The van der Waals surface area contributed by atoms with Gasteiger partial charge in [0.25, 0.3) is 0 Å². The van der Waals surface area contributed by atoms with Crippen molar-refractivity contribution in [3.63, 3.8) is 0 Å². The highest BCUT2D eigenvalue weighted by molar-refractivity contribution is 5.95. The molecule has 0 radical (unpaired) electrons. The summed E-state index contributed by atoms with van der Waals surface area (Å²) in [5.41, 5.74) is 1.89. The van der Waals surface area contributed by atoms with Crippen LogP contribution in [0.25, 0.3) is 0 Å². The molecule has 1 aliphatic heterocycles. The number of carbonyl (C=O) groups is 1. The predicted molar refractivity (Wildman–Crippen MR) is 50.6 cm³/mol. The van der Waals surface area contributed by atoms with Gasteiger partial charge < -0.3 is 4.90 Å². The first-order valence-electron chi connectivity index (χ1n) is 4.51. The molecule has 0 aliphatic carbocycles. The van der Waals surface area contributed by atoms with Crippen LogP contribution >= 0.6 is 0 Å². The van der Waals surface area contributed by atoms with Crippen molar-refractivity contribution >= 4 is 11.6 Å². The Morgan fingerprint density at radius 2 is 2.38 bits per heavy atom. The van der Waals surface area contributed by atoms with Crippen LogP contribution in [0.4, 0.5) is 5.69 Å². The van der Waals surface area contributed by atoms with Crippen LogP contribution in [-0.4, -0.2) is 17.4 Å². The zero-order chi connectivity index (χ0) is 9.26. The second-order valence-corrected chi connectivity index (χ2v) is 3.26. The molecule has 13 heavy (non-hydrogen) atoms. The molecule has 1 aromatic rings. The molecule has 1 amide bonds. The first kappa shape index (κ1) is 8.23. The maximum Gasteiger partial charge on any atom is 0.227 e. The number of pyridine rings is 1. The summed E-state index contributed by atoms with van der Waals surface area (Å²) in [5.74, 6) is 0.219. The lowest BCUT2D eigenvalue weighted by Crippen LogP contribution is -2.24. The van der Waals surface area contributed by atoms with E-state index in [1.54, 1.807) is 6.20 Å². The van der Waals surface area contributed by atoms with Gasteiger partial charge in [-0.25, -0.2) is 0 Å². The highest BCUT2D eigenvalue weighted by Gasteiger charge is 2.22. The molecule has 1 aromatic heterocycles. The standard InChI is InChI=1S/C10H12N2O/c1-8-9(4-2-6-11-8)12-7-3-5-10(12)13/h2,4,6H,3,5,7H2,1H3. The third-order valence-electron chi connectivity index (χ3n) is 2.34. The van der Waals surface area contributed by atoms with E-state index in [-0.39, 0.29) is 5.91 Å². The van der Waals surface area contributed by atoms with E-state index in [4.69, 9.17) is 0 Å². The van der Waals surface area contributed by atoms with Gasteiger partial charge in [-0.2, -0.15) is 0 Å². The molecule has 0 unspecified atom stereocenters. The van der Waals surface area contributed by atoms with Crippen molar-refractivity contribution in [2.75, 3.05) is 11.4 Å². The molecule has 0 N–H and O–H groups in total. The summed E-state index contributed by atoms with van der Waals surface area (Å²) >= 11 is 0. The van der Waals surface area contributed by atoms with Crippen LogP contribution in [0.2, 0.25) is 0 Å². The van der Waals surface area contributed by atoms with E-state index in [2.05, 4.69) is 4.98 Å². The van der Waals surface area contributed by atoms with Crippen molar-refractivity contribution in [3.05, 3.63) is 24.0 Å². The molecule has 1 fully saturated rings. The van der Waals surface area contributed by atoms with Crippen molar-refractivity contribution in [2.45, 2.75) is 19.8 Å². The molecule has 2 heterocycles. The number of aryl methyl sites for hydroxylation is 1. The fourth-order valence-electron chi connectivity index (χ4n) is 1.66. The fraction of sp³-hybridized carbons (Fsp3) is 0.400. The average Bonchev–Trinajstić information content (AvgIpc) is 2.52. The van der Waals surface area contributed by atoms with Crippen LogP contribution in [0.15, 0.2) is 18.3 Å². The normalized spacial score (nSPS) is 16.7. The molecule has 3 nitrogen and oxygen atoms in total. The molecule has 2 rings (SSSR count). The summed E-state index contributed by atoms with van der Waals surface area (Å²) < 4.78 is 0. The maximum absolute atomic E-state index is 11.4. The monoisotopic (exact) mass is 176 g/mol. The SMILES string of the molecule is Cc1ncccc1N1CCCC1=O. The van der Waals surface area contributed by atoms with Gasteiger partial charge in [0.2, 0.25) is 5.91 Å². The maximum atomic E-state index is 11.4. The van der Waals surface area contributed by atoms with Gasteiger partial charge in [-0.05, 0) is 25.5 Å². The summed E-state index contributed by atoms with van der Waals surface area (Å²) in [5, 5.41) is 0. The molecule has 0 aromatic carbocycles. The highest BCUT2D eigenvalue weighted by atomic mass is 16.2. The van der Waals surface area contributed by atoms with Crippen LogP contribution in [0, 0.1) is 6.92 Å². The Morgan fingerprint density at radius 1 is 1.54 bits per heavy atom. The van der Waals surface area contributed by atoms with E-state index in [9.17, 15) is 4.79 Å². The zero-order valence-corrected chi connectivity index (χ0v) is 7.66. The molecule has 1 aliphatic rings. The quantitative estimate of drug-likeness (QED) is 0.650. The van der Waals surface area contributed by atoms with Gasteiger partial charge in [0, 0.05) is 19.2 Å². The van der Waals surface area contributed by atoms with Crippen molar-refractivity contribution in [2.24, 2.45) is 0 Å². The van der Waals surface area contributed by atoms with Crippen LogP contribution < -0.4 is 4.90 Å². The summed E-state index contributed by atoms with van der Waals surface area (Å²) in [7, 11) is 0. The molecule has 0 spiro atoms. The Kier molecular flexibility index (Phi) is 2.00. The number of anilines is 1. The molecular formula is C10H12N2O. The number of amides is 1. The summed E-state index contributed by atoms with van der Waals surface area (Å²) in [6.45, 7) is 2.77. The van der Waals surface area contributed by atoms with Crippen LogP contribution in [-0.2, 0) is 4.79 Å². The van der Waals surface area contributed by atoms with Gasteiger partial charge in [-0.3, -0.25) is 9.78 Å².